The molecule has 2 aromatic carbocycles. The predicted molar refractivity (Wildman–Crippen MR) is 96.9 cm³/mol. The van der Waals surface area contributed by atoms with E-state index < -0.39 is 23.3 Å². The summed E-state index contributed by atoms with van der Waals surface area (Å²) in [5.41, 5.74) is -0.151. The number of aromatic nitrogens is 1. The molecule has 6 heteroatoms. The molecule has 1 aromatic heterocycles. The maximum absolute atomic E-state index is 14.8. The molecule has 0 bridgehead atoms. The van der Waals surface area contributed by atoms with Gasteiger partial charge in [0.25, 0.3) is 0 Å². The Bertz CT molecular complexity index is 984. The molecule has 4 rings (SSSR count). The topological polar surface area (TPSA) is 40.6 Å². The second-order valence-corrected chi connectivity index (χ2v) is 6.99. The first-order valence-corrected chi connectivity index (χ1v) is 8.71. The number of rotatable bonds is 4. The van der Waals surface area contributed by atoms with Crippen molar-refractivity contribution in [3.05, 3.63) is 65.9 Å². The quantitative estimate of drug-likeness (QED) is 0.650. The van der Waals surface area contributed by atoms with Crippen molar-refractivity contribution in [2.24, 2.45) is 0 Å². The van der Waals surface area contributed by atoms with Crippen LogP contribution >= 0.6 is 0 Å². The summed E-state index contributed by atoms with van der Waals surface area (Å²) in [5.74, 6) is -0.0702. The minimum Gasteiger partial charge on any atom is -0.455 e. The molecule has 3 aromatic rings. The molecule has 1 aliphatic heterocycles. The highest BCUT2D eigenvalue weighted by atomic mass is 19.1. The normalized spacial score (nSPS) is 15.4. The van der Waals surface area contributed by atoms with Gasteiger partial charge in [0.15, 0.2) is 6.29 Å². The molecule has 0 amide bonds. The molecule has 1 saturated heterocycles. The Balaban J connectivity index is 1.73. The molecule has 1 fully saturated rings. The minimum absolute atomic E-state index is 0.261. The Morgan fingerprint density at radius 1 is 1.04 bits per heavy atom. The molecule has 140 valence electrons. The van der Waals surface area contributed by atoms with Crippen LogP contribution in [0.4, 0.5) is 8.78 Å². The van der Waals surface area contributed by atoms with Crippen LogP contribution in [0.25, 0.3) is 10.9 Å². The van der Waals surface area contributed by atoms with Gasteiger partial charge in [-0.2, -0.15) is 0 Å². The van der Waals surface area contributed by atoms with E-state index in [0.717, 1.165) is 0 Å². The molecule has 0 aliphatic carbocycles. The summed E-state index contributed by atoms with van der Waals surface area (Å²) in [5, 5.41) is 0.604. The second kappa shape index (κ2) is 6.87. The maximum atomic E-state index is 14.8. The van der Waals surface area contributed by atoms with Crippen molar-refractivity contribution in [1.29, 1.82) is 0 Å². The minimum atomic E-state index is -0.770. The van der Waals surface area contributed by atoms with Crippen LogP contribution < -0.4 is 4.74 Å². The first kappa shape index (κ1) is 17.8. The van der Waals surface area contributed by atoms with Gasteiger partial charge >= 0.3 is 0 Å². The van der Waals surface area contributed by atoms with Crippen LogP contribution in [0.3, 0.4) is 0 Å². The van der Waals surface area contributed by atoms with Crippen LogP contribution in [0.2, 0.25) is 0 Å². The molecule has 1 aliphatic rings. The van der Waals surface area contributed by atoms with Gasteiger partial charge in [0.2, 0.25) is 0 Å². The van der Waals surface area contributed by atoms with Crippen LogP contribution in [0.15, 0.2) is 48.7 Å². The molecule has 0 saturated carbocycles. The Morgan fingerprint density at radius 3 is 2.52 bits per heavy atom. The van der Waals surface area contributed by atoms with E-state index in [4.69, 9.17) is 14.2 Å². The number of pyridine rings is 1. The highest BCUT2D eigenvalue weighted by molar-refractivity contribution is 5.80. The number of benzene rings is 2. The number of hydrogen-bond acceptors (Lipinski definition) is 4. The molecule has 0 spiro atoms. The Hall–Kier alpha value is -2.57. The molecule has 27 heavy (non-hydrogen) atoms. The van der Waals surface area contributed by atoms with Gasteiger partial charge in [-0.3, -0.25) is 0 Å². The molecule has 4 nitrogen and oxygen atoms in total. The van der Waals surface area contributed by atoms with Crippen LogP contribution in [0.1, 0.15) is 19.4 Å². The lowest BCUT2D eigenvalue weighted by molar-refractivity contribution is -0.0898. The van der Waals surface area contributed by atoms with Crippen molar-refractivity contribution in [2.45, 2.75) is 25.6 Å². The summed E-state index contributed by atoms with van der Waals surface area (Å²) >= 11 is 0. The average molecular weight is 371 g/mol. The third-order valence-electron chi connectivity index (χ3n) is 4.70. The average Bonchev–Trinajstić information content (AvgIpc) is 3.17. The van der Waals surface area contributed by atoms with Gasteiger partial charge in [0.1, 0.15) is 28.7 Å². The summed E-state index contributed by atoms with van der Waals surface area (Å²) in [6.07, 6.45) is 0.857. The third kappa shape index (κ3) is 3.26. The van der Waals surface area contributed by atoms with Gasteiger partial charge in [-0.25, -0.2) is 13.8 Å². The first-order chi connectivity index (χ1) is 13.0. The van der Waals surface area contributed by atoms with Crippen LogP contribution in [0.5, 0.6) is 11.5 Å². The summed E-state index contributed by atoms with van der Waals surface area (Å²) < 4.78 is 45.7. The van der Waals surface area contributed by atoms with Crippen LogP contribution in [-0.4, -0.2) is 24.5 Å². The fraction of sp³-hybridized carbons (Fsp3) is 0.286. The zero-order chi connectivity index (χ0) is 19.0. The Kier molecular flexibility index (Phi) is 4.53. The standard InChI is InChI=1S/C21H19F2NO3/c1-21(2,20-25-9-10-26-20)18-15(22)6-4-8-17(18)27-14-11-13-5-3-7-16(23)19(13)24-12-14/h3-8,11-12,20H,9-10H2,1-2H3. The van der Waals surface area contributed by atoms with Crippen molar-refractivity contribution in [2.75, 3.05) is 13.2 Å². The molecule has 2 heterocycles. The zero-order valence-electron chi connectivity index (χ0n) is 15.0. The molecular formula is C21H19F2NO3. The highest BCUT2D eigenvalue weighted by Gasteiger charge is 2.40. The molecular weight excluding hydrogens is 352 g/mol. The maximum Gasteiger partial charge on any atom is 0.167 e. The van der Waals surface area contributed by atoms with Crippen molar-refractivity contribution < 1.29 is 23.0 Å². The van der Waals surface area contributed by atoms with Gasteiger partial charge in [0.05, 0.1) is 19.4 Å². The second-order valence-electron chi connectivity index (χ2n) is 6.99. The predicted octanol–water partition coefficient (Wildman–Crippen LogP) is 4.96. The van der Waals surface area contributed by atoms with Gasteiger partial charge in [0, 0.05) is 16.4 Å². The van der Waals surface area contributed by atoms with E-state index in [9.17, 15) is 8.78 Å². The summed E-state index contributed by atoms with van der Waals surface area (Å²) in [4.78, 5) is 4.13. The van der Waals surface area contributed by atoms with Gasteiger partial charge in [-0.05, 0) is 24.3 Å². The Labute approximate surface area is 155 Å². The van der Waals surface area contributed by atoms with Gasteiger partial charge < -0.3 is 14.2 Å². The van der Waals surface area contributed by atoms with E-state index in [1.54, 1.807) is 30.3 Å². The number of fused-ring (bicyclic) bond motifs is 1. The molecule has 0 N–H and O–H groups in total. The number of halogens is 2. The van der Waals surface area contributed by atoms with E-state index in [1.807, 2.05) is 13.8 Å². The summed E-state index contributed by atoms with van der Waals surface area (Å²) in [6, 6.07) is 11.0. The third-order valence-corrected chi connectivity index (χ3v) is 4.70. The molecule has 0 radical (unpaired) electrons. The fourth-order valence-electron chi connectivity index (χ4n) is 3.39. The van der Waals surface area contributed by atoms with E-state index >= 15 is 0 Å². The van der Waals surface area contributed by atoms with E-state index in [0.29, 0.717) is 35.7 Å². The number of hydrogen-bond donors (Lipinski definition) is 0. The van der Waals surface area contributed by atoms with E-state index in [1.165, 1.54) is 18.3 Å². The summed E-state index contributed by atoms with van der Waals surface area (Å²) in [6.45, 7) is 4.64. The van der Waals surface area contributed by atoms with E-state index in [-0.39, 0.29) is 5.52 Å². The number of ether oxygens (including phenoxy) is 3. The highest BCUT2D eigenvalue weighted by Crippen LogP contribution is 2.40. The Morgan fingerprint density at radius 2 is 1.74 bits per heavy atom. The van der Waals surface area contributed by atoms with Crippen molar-refractivity contribution in [3.8, 4) is 11.5 Å². The zero-order valence-corrected chi connectivity index (χ0v) is 15.0. The lowest BCUT2D eigenvalue weighted by Crippen LogP contribution is -2.35. The monoisotopic (exact) mass is 371 g/mol. The molecule has 0 atom stereocenters. The first-order valence-electron chi connectivity index (χ1n) is 8.71. The van der Waals surface area contributed by atoms with Crippen molar-refractivity contribution in [3.63, 3.8) is 0 Å². The summed E-state index contributed by atoms with van der Waals surface area (Å²) in [7, 11) is 0. The van der Waals surface area contributed by atoms with Crippen LogP contribution in [0, 0.1) is 11.6 Å². The molecule has 0 unspecified atom stereocenters. The van der Waals surface area contributed by atoms with E-state index in [2.05, 4.69) is 4.98 Å². The lowest BCUT2D eigenvalue weighted by Gasteiger charge is -2.32. The number of nitrogens with zero attached hydrogens (tertiary/aromatic N) is 1. The number of para-hydroxylation sites is 1. The fourth-order valence-corrected chi connectivity index (χ4v) is 3.39. The SMILES string of the molecule is CC(C)(c1c(F)cccc1Oc1cnc2c(F)cccc2c1)C1OCCO1. The largest absolute Gasteiger partial charge is 0.455 e. The van der Waals surface area contributed by atoms with Gasteiger partial charge in [-0.1, -0.05) is 32.0 Å². The van der Waals surface area contributed by atoms with Crippen LogP contribution in [-0.2, 0) is 14.9 Å². The smallest absolute Gasteiger partial charge is 0.167 e. The lowest BCUT2D eigenvalue weighted by atomic mass is 9.82. The van der Waals surface area contributed by atoms with Crippen molar-refractivity contribution in [1.82, 2.24) is 4.98 Å². The van der Waals surface area contributed by atoms with Gasteiger partial charge in [-0.15, -0.1) is 0 Å². The van der Waals surface area contributed by atoms with Crippen molar-refractivity contribution >= 4 is 10.9 Å².